The normalized spacial score (nSPS) is 18.2. The van der Waals surface area contributed by atoms with E-state index in [4.69, 9.17) is 42.6 Å². The smallest absolute Gasteiger partial charge is 0.237 e. The highest BCUT2D eigenvalue weighted by atomic mass is 35.5. The first-order valence-corrected chi connectivity index (χ1v) is 17.2. The maximum atomic E-state index is 12.1. The molecule has 0 aliphatic carbocycles. The topological polar surface area (TPSA) is 152 Å². The van der Waals surface area contributed by atoms with Gasteiger partial charge in [0.25, 0.3) is 0 Å². The van der Waals surface area contributed by atoms with Gasteiger partial charge in [-0.05, 0) is 12.8 Å². The van der Waals surface area contributed by atoms with Gasteiger partial charge in [0.2, 0.25) is 23.6 Å². The lowest BCUT2D eigenvalue weighted by Gasteiger charge is -2.16. The Morgan fingerprint density at radius 3 is 1.72 bits per heavy atom. The van der Waals surface area contributed by atoms with Gasteiger partial charge in [-0.2, -0.15) is 0 Å². The Morgan fingerprint density at radius 2 is 1.28 bits per heavy atom. The second-order valence-electron chi connectivity index (χ2n) is 13.1. The van der Waals surface area contributed by atoms with E-state index in [-0.39, 0.29) is 29.3 Å². The lowest BCUT2D eigenvalue weighted by molar-refractivity contribution is -0.126. The number of carbonyl (C=O) groups excluding carboxylic acids is 2. The fraction of sp³-hybridized carbons (Fsp3) is 0.389. The van der Waals surface area contributed by atoms with Crippen LogP contribution in [0.25, 0.3) is 33.6 Å². The van der Waals surface area contributed by atoms with E-state index in [1.54, 1.807) is 26.6 Å². The molecular formula is C36H40Cl2N8O4. The molecule has 4 heterocycles. The van der Waals surface area contributed by atoms with E-state index in [1.807, 2.05) is 50.2 Å². The van der Waals surface area contributed by atoms with Crippen molar-refractivity contribution < 1.29 is 19.1 Å². The predicted octanol–water partition coefficient (Wildman–Crippen LogP) is 4.96. The second-order valence-corrected chi connectivity index (χ2v) is 13.8. The van der Waals surface area contributed by atoms with E-state index in [2.05, 4.69) is 31.2 Å². The lowest BCUT2D eigenvalue weighted by atomic mass is 9.90. The molecule has 262 valence electrons. The maximum absolute atomic E-state index is 12.1. The number of carbonyl (C=O) groups is 2. The van der Waals surface area contributed by atoms with Crippen molar-refractivity contribution >= 4 is 35.0 Å². The number of nitrogens with zero attached hydrogens (tertiary/aromatic N) is 4. The second kappa shape index (κ2) is 15.3. The third-order valence-electron chi connectivity index (χ3n) is 9.01. The van der Waals surface area contributed by atoms with Crippen molar-refractivity contribution in [2.75, 3.05) is 27.3 Å². The summed E-state index contributed by atoms with van der Waals surface area (Å²) in [4.78, 5) is 42.4. The molecule has 2 amide bonds. The van der Waals surface area contributed by atoms with E-state index in [0.717, 1.165) is 12.8 Å². The minimum absolute atomic E-state index is 0.0529. The van der Waals surface area contributed by atoms with Crippen molar-refractivity contribution in [1.29, 1.82) is 0 Å². The molecular weight excluding hydrogens is 679 g/mol. The molecule has 2 aromatic carbocycles. The molecule has 12 nitrogen and oxygen atoms in total. The van der Waals surface area contributed by atoms with Crippen LogP contribution < -0.4 is 30.7 Å². The van der Waals surface area contributed by atoms with Crippen LogP contribution in [0.2, 0.25) is 10.0 Å². The van der Waals surface area contributed by atoms with Gasteiger partial charge in [0, 0.05) is 72.4 Å². The molecule has 6 rings (SSSR count). The zero-order valence-corrected chi connectivity index (χ0v) is 29.9. The molecule has 4 N–H and O–H groups in total. The molecule has 2 saturated heterocycles. The van der Waals surface area contributed by atoms with Crippen molar-refractivity contribution in [2.45, 2.75) is 58.3 Å². The number of rotatable bonds is 13. The summed E-state index contributed by atoms with van der Waals surface area (Å²) in [7, 11) is 3.11. The minimum Gasteiger partial charge on any atom is -0.480 e. The van der Waals surface area contributed by atoms with Crippen molar-refractivity contribution in [3.05, 3.63) is 70.2 Å². The van der Waals surface area contributed by atoms with Gasteiger partial charge >= 0.3 is 0 Å². The summed E-state index contributed by atoms with van der Waals surface area (Å²) < 4.78 is 11.2. The molecule has 2 unspecified atom stereocenters. The SMILES string of the molecule is COc1nc(-c2cccc(-c3cccc(-c4cnc(CNCC5CC(C)(C)C(=O)N5)c(OC)n4)c3Cl)c2Cl)cnc1CNCC1CCC(=O)N1. The Hall–Kier alpha value is -4.36. The van der Waals surface area contributed by atoms with Crippen LogP contribution >= 0.6 is 23.2 Å². The van der Waals surface area contributed by atoms with Crippen LogP contribution in [0.1, 0.15) is 44.5 Å². The van der Waals surface area contributed by atoms with E-state index in [1.165, 1.54) is 0 Å². The van der Waals surface area contributed by atoms with Crippen LogP contribution in [-0.2, 0) is 22.7 Å². The summed E-state index contributed by atoms with van der Waals surface area (Å²) in [6, 6.07) is 11.5. The molecule has 4 aromatic rings. The molecule has 2 aliphatic heterocycles. The van der Waals surface area contributed by atoms with Gasteiger partial charge in [0.05, 0.1) is 48.0 Å². The van der Waals surface area contributed by atoms with Crippen LogP contribution in [0.5, 0.6) is 11.8 Å². The Morgan fingerprint density at radius 1 is 0.780 bits per heavy atom. The molecule has 0 radical (unpaired) electrons. The van der Waals surface area contributed by atoms with Gasteiger partial charge < -0.3 is 30.7 Å². The zero-order valence-electron chi connectivity index (χ0n) is 28.4. The van der Waals surface area contributed by atoms with Crippen LogP contribution in [0, 0.1) is 5.41 Å². The number of hydrogen-bond donors (Lipinski definition) is 4. The summed E-state index contributed by atoms with van der Waals surface area (Å²) in [5.74, 6) is 0.908. The molecule has 14 heteroatoms. The van der Waals surface area contributed by atoms with Gasteiger partial charge in [-0.3, -0.25) is 19.6 Å². The summed E-state index contributed by atoms with van der Waals surface area (Å²) in [5.41, 5.74) is 4.78. The highest BCUT2D eigenvalue weighted by Gasteiger charge is 2.38. The minimum atomic E-state index is -0.367. The standard InChI is InChI=1S/C36H40Cl2N8O4/c1-36(2)13-21(44-35(36)48)15-40-17-29-34(50-4)46-27(19-42-29)25-10-6-8-23(32(25)38)22-7-5-9-24(31(22)37)26-18-41-28(33(45-26)49-3)16-39-14-20-11-12-30(47)43-20/h5-10,18-21,39-40H,11-17H2,1-4H3,(H,43,47)(H,44,48). The highest BCUT2D eigenvalue weighted by molar-refractivity contribution is 6.39. The molecule has 50 heavy (non-hydrogen) atoms. The molecule has 2 fully saturated rings. The average molecular weight is 720 g/mol. The average Bonchev–Trinajstić information content (AvgIpc) is 3.64. The Bertz CT molecular complexity index is 1910. The fourth-order valence-corrected chi connectivity index (χ4v) is 6.97. The first-order chi connectivity index (χ1) is 24.1. The number of methoxy groups -OCH3 is 2. The third kappa shape index (κ3) is 7.68. The van der Waals surface area contributed by atoms with Gasteiger partial charge in [0.1, 0.15) is 11.4 Å². The molecule has 0 bridgehead atoms. The van der Waals surface area contributed by atoms with Crippen molar-refractivity contribution in [3.8, 4) is 45.4 Å². The maximum Gasteiger partial charge on any atom is 0.237 e. The van der Waals surface area contributed by atoms with Gasteiger partial charge in [-0.15, -0.1) is 0 Å². The summed E-state index contributed by atoms with van der Waals surface area (Å²) in [5, 5.41) is 13.6. The molecule has 2 aromatic heterocycles. The predicted molar refractivity (Wildman–Crippen MR) is 192 cm³/mol. The Kier molecular flexibility index (Phi) is 10.8. The summed E-state index contributed by atoms with van der Waals surface area (Å²) >= 11 is 14.1. The molecule has 2 atom stereocenters. The lowest BCUT2D eigenvalue weighted by Crippen LogP contribution is -2.35. The summed E-state index contributed by atoms with van der Waals surface area (Å²) in [6.07, 6.45) is 5.47. The molecule has 0 spiro atoms. The first-order valence-electron chi connectivity index (χ1n) is 16.5. The third-order valence-corrected chi connectivity index (χ3v) is 9.82. The van der Waals surface area contributed by atoms with Crippen LogP contribution in [0.4, 0.5) is 0 Å². The van der Waals surface area contributed by atoms with Crippen molar-refractivity contribution in [1.82, 2.24) is 41.2 Å². The monoisotopic (exact) mass is 718 g/mol. The number of aromatic nitrogens is 4. The van der Waals surface area contributed by atoms with Crippen molar-refractivity contribution in [3.63, 3.8) is 0 Å². The van der Waals surface area contributed by atoms with Crippen molar-refractivity contribution in [2.24, 2.45) is 5.41 Å². The van der Waals surface area contributed by atoms with Gasteiger partial charge in [-0.25, -0.2) is 9.97 Å². The van der Waals surface area contributed by atoms with Crippen LogP contribution in [0.15, 0.2) is 48.8 Å². The first kappa shape index (κ1) is 35.5. The number of ether oxygens (including phenoxy) is 2. The molecule has 2 aliphatic rings. The van der Waals surface area contributed by atoms with E-state index < -0.39 is 0 Å². The number of halogens is 2. The van der Waals surface area contributed by atoms with E-state index >= 15 is 0 Å². The van der Waals surface area contributed by atoms with Gasteiger partial charge in [0.15, 0.2) is 0 Å². The number of hydrogen-bond acceptors (Lipinski definition) is 10. The Balaban J connectivity index is 1.19. The largest absolute Gasteiger partial charge is 0.480 e. The summed E-state index contributed by atoms with van der Waals surface area (Å²) in [6.45, 7) is 6.00. The van der Waals surface area contributed by atoms with Crippen LogP contribution in [0.3, 0.4) is 0 Å². The van der Waals surface area contributed by atoms with E-state index in [9.17, 15) is 9.59 Å². The van der Waals surface area contributed by atoms with Gasteiger partial charge in [-0.1, -0.05) is 73.4 Å². The zero-order chi connectivity index (χ0) is 35.4. The van der Waals surface area contributed by atoms with E-state index in [0.29, 0.717) is 99.4 Å². The highest BCUT2D eigenvalue weighted by Crippen LogP contribution is 2.42. The Labute approximate surface area is 301 Å². The number of amides is 2. The van der Waals surface area contributed by atoms with Crippen LogP contribution in [-0.4, -0.2) is 71.1 Å². The fourth-order valence-electron chi connectivity index (χ4n) is 6.32. The molecule has 0 saturated carbocycles. The number of nitrogens with one attached hydrogen (secondary N) is 4. The number of benzene rings is 2. The quantitative estimate of drug-likeness (QED) is 0.149.